The number of carbonyl (C=O) groups is 2. The van der Waals surface area contributed by atoms with Gasteiger partial charge in [0.05, 0.1) is 18.5 Å². The summed E-state index contributed by atoms with van der Waals surface area (Å²) in [7, 11) is 0. The van der Waals surface area contributed by atoms with Crippen LogP contribution >= 0.6 is 0 Å². The second-order valence-corrected chi connectivity index (χ2v) is 7.46. The summed E-state index contributed by atoms with van der Waals surface area (Å²) in [5.74, 6) is 1.79. The van der Waals surface area contributed by atoms with E-state index in [1.165, 1.54) is 16.9 Å². The van der Waals surface area contributed by atoms with Crippen LogP contribution in [-0.4, -0.2) is 23.4 Å². The summed E-state index contributed by atoms with van der Waals surface area (Å²) in [6, 6.07) is 8.00. The molecule has 1 aromatic rings. The van der Waals surface area contributed by atoms with E-state index in [0.29, 0.717) is 23.7 Å². The van der Waals surface area contributed by atoms with Crippen LogP contribution in [0.3, 0.4) is 0 Å². The molecule has 2 saturated carbocycles. The molecule has 118 valence electrons. The van der Waals surface area contributed by atoms with E-state index in [0.717, 1.165) is 5.69 Å². The fourth-order valence-corrected chi connectivity index (χ4v) is 5.02. The average Bonchev–Trinajstić information content (AvgIpc) is 3.33. The van der Waals surface area contributed by atoms with Gasteiger partial charge in [-0.15, -0.1) is 0 Å². The van der Waals surface area contributed by atoms with Crippen LogP contribution < -0.4 is 5.32 Å². The van der Waals surface area contributed by atoms with Gasteiger partial charge in [-0.25, -0.2) is 0 Å². The van der Waals surface area contributed by atoms with Crippen molar-refractivity contribution < 1.29 is 9.59 Å². The highest BCUT2D eigenvalue weighted by molar-refractivity contribution is 6.06. The van der Waals surface area contributed by atoms with Gasteiger partial charge in [-0.05, 0) is 49.1 Å². The van der Waals surface area contributed by atoms with Gasteiger partial charge in [0.15, 0.2) is 0 Å². The van der Waals surface area contributed by atoms with E-state index < -0.39 is 0 Å². The van der Waals surface area contributed by atoms with Crippen molar-refractivity contribution in [1.29, 1.82) is 0 Å². The lowest BCUT2D eigenvalue weighted by molar-refractivity contribution is -0.139. The quantitative estimate of drug-likeness (QED) is 0.689. The fraction of sp³-hybridized carbons (Fsp3) is 0.474. The third-order valence-corrected chi connectivity index (χ3v) is 6.25. The molecule has 5 aliphatic rings. The number of hydrogen-bond acceptors (Lipinski definition) is 3. The molecule has 2 bridgehead atoms. The van der Waals surface area contributed by atoms with Gasteiger partial charge in [0.25, 0.3) is 0 Å². The highest BCUT2D eigenvalue weighted by atomic mass is 16.2. The van der Waals surface area contributed by atoms with Crippen LogP contribution in [0.1, 0.15) is 12.0 Å². The lowest BCUT2D eigenvalue weighted by Crippen LogP contribution is -2.40. The predicted octanol–water partition coefficient (Wildman–Crippen LogP) is 2.42. The number of anilines is 1. The first kappa shape index (κ1) is 13.3. The topological polar surface area (TPSA) is 49.4 Å². The molecule has 1 aliphatic heterocycles. The molecule has 0 radical (unpaired) electrons. The Morgan fingerprint density at radius 1 is 1.00 bits per heavy atom. The first-order chi connectivity index (χ1) is 11.1. The zero-order valence-electron chi connectivity index (χ0n) is 13.1. The molecule has 4 nitrogen and oxygen atoms in total. The van der Waals surface area contributed by atoms with E-state index in [1.807, 2.05) is 31.2 Å². The molecule has 23 heavy (non-hydrogen) atoms. The fourth-order valence-electron chi connectivity index (χ4n) is 5.02. The SMILES string of the molecule is Cc1ccc(NCN2C(=O)[C@H]3[C@@H]4C=C[C@H]([C@@H]5C[C@H]45)[C@@H]3C2=O)cc1. The van der Waals surface area contributed by atoms with Crippen LogP contribution in [0.25, 0.3) is 0 Å². The Bertz CT molecular complexity index is 687. The van der Waals surface area contributed by atoms with Gasteiger partial charge in [0, 0.05) is 5.69 Å². The monoisotopic (exact) mass is 308 g/mol. The Labute approximate surface area is 135 Å². The maximum absolute atomic E-state index is 12.8. The molecule has 1 heterocycles. The Morgan fingerprint density at radius 3 is 2.13 bits per heavy atom. The first-order valence-electron chi connectivity index (χ1n) is 8.49. The Hall–Kier alpha value is -2.10. The molecule has 1 N–H and O–H groups in total. The lowest BCUT2D eigenvalue weighted by atomic mass is 9.63. The van der Waals surface area contributed by atoms with Gasteiger partial charge >= 0.3 is 0 Å². The summed E-state index contributed by atoms with van der Waals surface area (Å²) >= 11 is 0. The molecule has 0 unspecified atom stereocenters. The summed E-state index contributed by atoms with van der Waals surface area (Å²) in [5.41, 5.74) is 2.13. The van der Waals surface area contributed by atoms with Crippen molar-refractivity contribution in [3.63, 3.8) is 0 Å². The molecule has 0 aromatic heterocycles. The highest BCUT2D eigenvalue weighted by Crippen LogP contribution is 2.65. The van der Waals surface area contributed by atoms with Gasteiger partial charge in [-0.2, -0.15) is 0 Å². The number of hydrogen-bond donors (Lipinski definition) is 1. The third-order valence-electron chi connectivity index (χ3n) is 6.25. The van der Waals surface area contributed by atoms with Gasteiger partial charge in [-0.1, -0.05) is 29.8 Å². The minimum Gasteiger partial charge on any atom is -0.367 e. The van der Waals surface area contributed by atoms with Gasteiger partial charge in [0.1, 0.15) is 0 Å². The maximum Gasteiger partial charge on any atom is 0.235 e. The predicted molar refractivity (Wildman–Crippen MR) is 86.2 cm³/mol. The second-order valence-electron chi connectivity index (χ2n) is 7.46. The standard InChI is InChI=1S/C19H20N2O2/c1-10-2-4-11(5-3-10)20-9-21-18(22)16-12-6-7-13(15-8-14(12)15)17(16)19(21)23/h2-7,12-17,20H,8-9H2,1H3/t12-,13-,14-,15+,16+,17+/m1/s1. The van der Waals surface area contributed by atoms with E-state index in [9.17, 15) is 9.59 Å². The average molecular weight is 308 g/mol. The number of imide groups is 1. The van der Waals surface area contributed by atoms with Crippen molar-refractivity contribution in [2.24, 2.45) is 35.5 Å². The molecular weight excluding hydrogens is 288 g/mol. The van der Waals surface area contributed by atoms with Crippen LogP contribution in [0.2, 0.25) is 0 Å². The molecule has 6 atom stereocenters. The molecule has 0 spiro atoms. The highest BCUT2D eigenvalue weighted by Gasteiger charge is 2.66. The number of nitrogens with one attached hydrogen (secondary N) is 1. The number of aryl methyl sites for hydroxylation is 1. The Balaban J connectivity index is 1.36. The minimum atomic E-state index is -0.0962. The van der Waals surface area contributed by atoms with E-state index in [1.54, 1.807) is 0 Å². The summed E-state index contributed by atoms with van der Waals surface area (Å²) in [6.07, 6.45) is 5.63. The van der Waals surface area contributed by atoms with Crippen LogP contribution in [0, 0.1) is 42.4 Å². The summed E-state index contributed by atoms with van der Waals surface area (Å²) in [5, 5.41) is 3.22. The number of allylic oxidation sites excluding steroid dienone is 2. The van der Waals surface area contributed by atoms with Crippen molar-refractivity contribution >= 4 is 17.5 Å². The number of nitrogens with zero attached hydrogens (tertiary/aromatic N) is 1. The van der Waals surface area contributed by atoms with E-state index in [4.69, 9.17) is 0 Å². The molecule has 4 heteroatoms. The molecule has 1 saturated heterocycles. The van der Waals surface area contributed by atoms with Gasteiger partial charge in [-0.3, -0.25) is 14.5 Å². The molecule has 1 aromatic carbocycles. The second kappa shape index (κ2) is 4.47. The molecule has 3 fully saturated rings. The molecule has 2 amide bonds. The Kier molecular flexibility index (Phi) is 2.59. The summed E-state index contributed by atoms with van der Waals surface area (Å²) in [6.45, 7) is 2.32. The summed E-state index contributed by atoms with van der Waals surface area (Å²) < 4.78 is 0. The van der Waals surface area contributed by atoms with Crippen molar-refractivity contribution in [3.05, 3.63) is 42.0 Å². The molecular formula is C19H20N2O2. The Morgan fingerprint density at radius 2 is 1.57 bits per heavy atom. The summed E-state index contributed by atoms with van der Waals surface area (Å²) in [4.78, 5) is 27.1. The van der Waals surface area contributed by atoms with Crippen LogP contribution in [0.15, 0.2) is 36.4 Å². The number of benzene rings is 1. The lowest BCUT2D eigenvalue weighted by Gasteiger charge is -2.37. The van der Waals surface area contributed by atoms with Crippen molar-refractivity contribution in [3.8, 4) is 0 Å². The van der Waals surface area contributed by atoms with E-state index >= 15 is 0 Å². The number of likely N-dealkylation sites (tertiary alicyclic amines) is 1. The van der Waals surface area contributed by atoms with Gasteiger partial charge in [0.2, 0.25) is 11.8 Å². The number of amides is 2. The largest absolute Gasteiger partial charge is 0.367 e. The third kappa shape index (κ3) is 1.78. The zero-order valence-corrected chi connectivity index (χ0v) is 13.1. The van der Waals surface area contributed by atoms with Crippen LogP contribution in [-0.2, 0) is 9.59 Å². The van der Waals surface area contributed by atoms with E-state index in [2.05, 4.69) is 17.5 Å². The van der Waals surface area contributed by atoms with Crippen LogP contribution in [0.5, 0.6) is 0 Å². The first-order valence-corrected chi connectivity index (χ1v) is 8.49. The molecule has 4 aliphatic carbocycles. The van der Waals surface area contributed by atoms with E-state index in [-0.39, 0.29) is 30.3 Å². The van der Waals surface area contributed by atoms with Crippen LogP contribution in [0.4, 0.5) is 5.69 Å². The smallest absolute Gasteiger partial charge is 0.235 e. The minimum absolute atomic E-state index is 0.0318. The number of carbonyl (C=O) groups excluding carboxylic acids is 2. The zero-order chi connectivity index (χ0) is 15.7. The van der Waals surface area contributed by atoms with Gasteiger partial charge < -0.3 is 5.32 Å². The maximum atomic E-state index is 12.8. The van der Waals surface area contributed by atoms with Crippen molar-refractivity contribution in [1.82, 2.24) is 4.90 Å². The number of rotatable bonds is 3. The normalized spacial score (nSPS) is 39.4. The van der Waals surface area contributed by atoms with Crippen molar-refractivity contribution in [2.75, 3.05) is 12.0 Å². The molecule has 6 rings (SSSR count). The van der Waals surface area contributed by atoms with Crippen molar-refractivity contribution in [2.45, 2.75) is 13.3 Å².